The van der Waals surface area contributed by atoms with Crippen LogP contribution in [-0.2, 0) is 21.7 Å². The van der Waals surface area contributed by atoms with Gasteiger partial charge in [-0.05, 0) is 189 Å². The molecule has 5 heteroatoms. The van der Waals surface area contributed by atoms with Crippen molar-refractivity contribution in [3.8, 4) is 0 Å². The number of rotatable bonds is 5. The first-order valence-corrected chi connectivity index (χ1v) is 25.3. The number of hydrogen-bond acceptors (Lipinski definition) is 4. The zero-order valence-electron chi connectivity index (χ0n) is 45.0. The van der Waals surface area contributed by atoms with Crippen molar-refractivity contribution in [2.75, 3.05) is 14.7 Å². The highest BCUT2D eigenvalue weighted by Crippen LogP contribution is 2.55. The maximum absolute atomic E-state index is 9.26. The van der Waals surface area contributed by atoms with E-state index in [4.69, 9.17) is 4.42 Å². The zero-order valence-corrected chi connectivity index (χ0v) is 42.0. The number of aryl methyl sites for hydroxylation is 2. The fourth-order valence-corrected chi connectivity index (χ4v) is 13.5. The lowest BCUT2D eigenvalue weighted by Crippen LogP contribution is -2.61. The molecule has 0 bridgehead atoms. The molecule has 346 valence electrons. The molecule has 0 spiro atoms. The Labute approximate surface area is 418 Å². The Bertz CT molecular complexity index is 3720. The van der Waals surface area contributed by atoms with E-state index in [0.29, 0.717) is 5.56 Å². The molecular weight excluding hydrogens is 850 g/mol. The van der Waals surface area contributed by atoms with E-state index in [1.165, 1.54) is 38.7 Å². The molecule has 0 radical (unpaired) electrons. The molecule has 70 heavy (non-hydrogen) atoms. The van der Waals surface area contributed by atoms with Crippen LogP contribution in [0.2, 0.25) is 0 Å². The van der Waals surface area contributed by atoms with Crippen molar-refractivity contribution in [1.29, 1.82) is 0 Å². The highest BCUT2D eigenvalue weighted by molar-refractivity contribution is 7.00. The van der Waals surface area contributed by atoms with Crippen LogP contribution in [0.15, 0.2) is 162 Å². The van der Waals surface area contributed by atoms with E-state index in [-0.39, 0.29) is 28.4 Å². The van der Waals surface area contributed by atoms with E-state index in [2.05, 4.69) is 210 Å². The second-order valence-electron chi connectivity index (χ2n) is 23.4. The number of nitrogens with zero attached hydrogens (tertiary/aromatic N) is 3. The van der Waals surface area contributed by atoms with Crippen molar-refractivity contribution >= 4 is 96.2 Å². The van der Waals surface area contributed by atoms with Crippen molar-refractivity contribution in [3.63, 3.8) is 0 Å². The maximum Gasteiger partial charge on any atom is 0.252 e. The van der Waals surface area contributed by atoms with Gasteiger partial charge in [-0.2, -0.15) is 0 Å². The van der Waals surface area contributed by atoms with Crippen LogP contribution in [0, 0.1) is 13.8 Å². The fraction of sp³-hybridized carbons (Fsp3) is 0.262. The fourth-order valence-electron chi connectivity index (χ4n) is 13.5. The number of benzene rings is 8. The second kappa shape index (κ2) is 14.8. The van der Waals surface area contributed by atoms with Crippen LogP contribution < -0.4 is 31.1 Å². The van der Waals surface area contributed by atoms with Crippen molar-refractivity contribution in [2.24, 2.45) is 0 Å². The minimum Gasteiger partial charge on any atom is -0.456 e. The molecule has 0 atom stereocenters. The van der Waals surface area contributed by atoms with Gasteiger partial charge in [0.05, 0.1) is 0 Å². The summed E-state index contributed by atoms with van der Waals surface area (Å²) in [6, 6.07) is 56.8. The summed E-state index contributed by atoms with van der Waals surface area (Å²) in [7, 11) is 0. The van der Waals surface area contributed by atoms with Crippen LogP contribution in [0.4, 0.5) is 51.2 Å². The van der Waals surface area contributed by atoms with Crippen LogP contribution in [0.5, 0.6) is 0 Å². The topological polar surface area (TPSA) is 22.9 Å². The lowest BCUT2D eigenvalue weighted by atomic mass is 9.33. The lowest BCUT2D eigenvalue weighted by Gasteiger charge is -2.46. The van der Waals surface area contributed by atoms with E-state index in [9.17, 15) is 4.11 Å². The average molecular weight is 915 g/mol. The molecule has 13 rings (SSSR count). The van der Waals surface area contributed by atoms with Gasteiger partial charge in [-0.1, -0.05) is 128 Å². The molecule has 2 aliphatic carbocycles. The van der Waals surface area contributed by atoms with Crippen LogP contribution in [0.3, 0.4) is 0 Å². The van der Waals surface area contributed by atoms with Gasteiger partial charge in [0.2, 0.25) is 0 Å². The van der Waals surface area contributed by atoms with Crippen LogP contribution in [0.1, 0.15) is 112 Å². The van der Waals surface area contributed by atoms with E-state index in [1.807, 2.05) is 24.3 Å². The number of anilines is 9. The van der Waals surface area contributed by atoms with Gasteiger partial charge in [0.15, 0.2) is 0 Å². The van der Waals surface area contributed by atoms with Crippen molar-refractivity contribution in [3.05, 3.63) is 191 Å². The Morgan fingerprint density at radius 2 is 1.06 bits per heavy atom. The van der Waals surface area contributed by atoms with E-state index in [1.54, 1.807) is 0 Å². The van der Waals surface area contributed by atoms with E-state index < -0.39 is 6.85 Å². The Balaban J connectivity index is 1.16. The predicted octanol–water partition coefficient (Wildman–Crippen LogP) is 16.1. The number of para-hydroxylation sites is 3. The predicted molar refractivity (Wildman–Crippen MR) is 298 cm³/mol. The van der Waals surface area contributed by atoms with Crippen molar-refractivity contribution in [1.82, 2.24) is 0 Å². The first-order valence-electron chi connectivity index (χ1n) is 26.8. The standard InChI is InChI=1S/C65H62BN3O/c1-40-31-57-61-58(32-40)69(54-37-50-48(33-41(54)2)62(3,4)29-30-63(50,5)6)56-38-51-49(64(7,8)39-65(51,9)10)36-53(56)66(61)52-27-25-45(67(42-19-13-11-14-20-42)43-21-15-12-16-22-43)35-55(52)68(57)44-26-28-60-47(34-44)46-23-17-18-24-59(46)70-60/h11-28,31-38H,29-30,39H2,1-10H3/i1D3. The Morgan fingerprint density at radius 3 is 1.74 bits per heavy atom. The molecule has 0 saturated carbocycles. The number of hydrogen-bond donors (Lipinski definition) is 0. The number of fused-ring (bicyclic) bond motifs is 9. The molecule has 0 saturated heterocycles. The Morgan fingerprint density at radius 1 is 0.486 bits per heavy atom. The van der Waals surface area contributed by atoms with Gasteiger partial charge in [0.1, 0.15) is 11.2 Å². The molecule has 0 N–H and O–H groups in total. The van der Waals surface area contributed by atoms with E-state index >= 15 is 0 Å². The maximum atomic E-state index is 9.26. The largest absolute Gasteiger partial charge is 0.456 e. The van der Waals surface area contributed by atoms with Gasteiger partial charge < -0.3 is 19.1 Å². The summed E-state index contributed by atoms with van der Waals surface area (Å²) in [5, 5.41) is 2.04. The third-order valence-electron chi connectivity index (χ3n) is 16.8. The summed E-state index contributed by atoms with van der Waals surface area (Å²) < 4.78 is 34.2. The lowest BCUT2D eigenvalue weighted by molar-refractivity contribution is 0.332. The highest BCUT2D eigenvalue weighted by Gasteiger charge is 2.49. The van der Waals surface area contributed by atoms with Gasteiger partial charge in [-0.15, -0.1) is 0 Å². The molecule has 1 aromatic heterocycles. The molecule has 0 amide bonds. The third-order valence-corrected chi connectivity index (χ3v) is 16.8. The van der Waals surface area contributed by atoms with Gasteiger partial charge >= 0.3 is 0 Å². The van der Waals surface area contributed by atoms with E-state index in [0.717, 1.165) is 97.9 Å². The summed E-state index contributed by atoms with van der Waals surface area (Å²) >= 11 is 0. The summed E-state index contributed by atoms with van der Waals surface area (Å²) in [4.78, 5) is 7.15. The van der Waals surface area contributed by atoms with Crippen LogP contribution in [0.25, 0.3) is 21.9 Å². The number of furan rings is 1. The highest BCUT2D eigenvalue weighted by atomic mass is 16.3. The zero-order chi connectivity index (χ0) is 50.7. The average Bonchev–Trinajstić information content (AvgIpc) is 3.81. The second-order valence-corrected chi connectivity index (χ2v) is 23.4. The summed E-state index contributed by atoms with van der Waals surface area (Å²) in [5.41, 5.74) is 21.0. The molecule has 0 unspecified atom stereocenters. The summed E-state index contributed by atoms with van der Waals surface area (Å²) in [6.45, 7) is 18.8. The Kier molecular flexibility index (Phi) is 8.41. The summed E-state index contributed by atoms with van der Waals surface area (Å²) in [5.74, 6) is 0. The van der Waals surface area contributed by atoms with Gasteiger partial charge in [-0.25, -0.2) is 0 Å². The summed E-state index contributed by atoms with van der Waals surface area (Å²) in [6.07, 6.45) is 3.24. The third kappa shape index (κ3) is 6.29. The van der Waals surface area contributed by atoms with Gasteiger partial charge in [0.25, 0.3) is 6.71 Å². The Hall–Kier alpha value is -6.98. The van der Waals surface area contributed by atoms with Gasteiger partial charge in [0, 0.05) is 66.1 Å². The van der Waals surface area contributed by atoms with Crippen LogP contribution in [-0.4, -0.2) is 6.71 Å². The van der Waals surface area contributed by atoms with Crippen molar-refractivity contribution < 1.29 is 8.53 Å². The molecular formula is C65H62BN3O. The molecule has 0 fully saturated rings. The molecule has 4 aliphatic rings. The SMILES string of the molecule is [2H]C([2H])([2H])c1cc2c3c(c1)N(c1cc4c(cc1C)C(C)(C)CCC4(C)C)c1cc4c(cc1B3c1ccc(N(c3ccccc3)c3ccccc3)cc1N2c1ccc2oc3ccccc3c2c1)C(C)(C)CC4(C)C. The monoisotopic (exact) mass is 915 g/mol. The van der Waals surface area contributed by atoms with Gasteiger partial charge in [-0.3, -0.25) is 0 Å². The smallest absolute Gasteiger partial charge is 0.252 e. The van der Waals surface area contributed by atoms with Crippen molar-refractivity contribution in [2.45, 2.75) is 110 Å². The molecule has 3 heterocycles. The molecule has 8 aromatic carbocycles. The first kappa shape index (κ1) is 39.8. The minimum atomic E-state index is -2.41. The normalized spacial score (nSPS) is 18.3. The first-order chi connectivity index (χ1) is 34.7. The quantitative estimate of drug-likeness (QED) is 0.161. The van der Waals surface area contributed by atoms with Crippen LogP contribution >= 0.6 is 0 Å². The minimum absolute atomic E-state index is 0.0247. The molecule has 2 aliphatic heterocycles. The molecule has 4 nitrogen and oxygen atoms in total. The molecule has 9 aromatic rings.